The van der Waals surface area contributed by atoms with E-state index in [2.05, 4.69) is 10.6 Å². The Kier molecular flexibility index (Phi) is 3.30. The van der Waals surface area contributed by atoms with E-state index in [9.17, 15) is 9.59 Å². The molecule has 0 saturated carbocycles. The molecule has 1 unspecified atom stereocenters. The highest BCUT2D eigenvalue weighted by Crippen LogP contribution is 2.44. The van der Waals surface area contributed by atoms with Gasteiger partial charge in [-0.15, -0.1) is 0 Å². The molecule has 2 N–H and O–H groups in total. The summed E-state index contributed by atoms with van der Waals surface area (Å²) in [5.74, 6) is -0.00524. The number of anilines is 2. The van der Waals surface area contributed by atoms with Gasteiger partial charge in [0, 0.05) is 24.5 Å². The van der Waals surface area contributed by atoms with Crippen molar-refractivity contribution in [2.24, 2.45) is 0 Å². The molecule has 2 aromatic rings. The van der Waals surface area contributed by atoms with Gasteiger partial charge >= 0.3 is 6.03 Å². The Morgan fingerprint density at radius 1 is 1.17 bits per heavy atom. The summed E-state index contributed by atoms with van der Waals surface area (Å²) in [6.07, 6.45) is 0.650. The van der Waals surface area contributed by atoms with E-state index in [4.69, 9.17) is 0 Å². The minimum Gasteiger partial charge on any atom is -0.325 e. The Balaban J connectivity index is 1.53. The van der Waals surface area contributed by atoms with Crippen molar-refractivity contribution in [1.82, 2.24) is 4.90 Å². The molecule has 1 fully saturated rings. The average Bonchev–Trinajstić information content (AvgIpc) is 3.14. The van der Waals surface area contributed by atoms with Crippen LogP contribution in [-0.4, -0.2) is 29.9 Å². The van der Waals surface area contributed by atoms with Crippen molar-refractivity contribution in [2.45, 2.75) is 18.8 Å². The first-order valence-electron chi connectivity index (χ1n) is 8.12. The number of carbonyl (C=O) groups is 2. The second-order valence-corrected chi connectivity index (χ2v) is 6.55. The van der Waals surface area contributed by atoms with Gasteiger partial charge in [-0.1, -0.05) is 35.9 Å². The van der Waals surface area contributed by atoms with Gasteiger partial charge in [0.25, 0.3) is 0 Å². The zero-order valence-corrected chi connectivity index (χ0v) is 13.5. The van der Waals surface area contributed by atoms with Crippen LogP contribution in [-0.2, 0) is 10.2 Å². The number of fused-ring (bicyclic) bond motifs is 2. The lowest BCUT2D eigenvalue weighted by Crippen LogP contribution is -2.40. The summed E-state index contributed by atoms with van der Waals surface area (Å²) >= 11 is 0. The molecule has 1 spiro atoms. The number of carbonyl (C=O) groups excluding carboxylic acids is 2. The van der Waals surface area contributed by atoms with Crippen molar-refractivity contribution in [2.75, 3.05) is 23.7 Å². The lowest BCUT2D eigenvalue weighted by atomic mass is 9.81. The molecule has 2 aliphatic heterocycles. The molecule has 4 rings (SSSR count). The van der Waals surface area contributed by atoms with E-state index in [1.54, 1.807) is 4.90 Å². The van der Waals surface area contributed by atoms with Crippen LogP contribution in [0.2, 0.25) is 0 Å². The predicted molar refractivity (Wildman–Crippen MR) is 93.1 cm³/mol. The third kappa shape index (κ3) is 2.24. The number of nitrogens with zero attached hydrogens (tertiary/aromatic N) is 1. The summed E-state index contributed by atoms with van der Waals surface area (Å²) in [6.45, 7) is 2.99. The van der Waals surface area contributed by atoms with Crippen LogP contribution in [0.1, 0.15) is 17.5 Å². The first-order valence-corrected chi connectivity index (χ1v) is 8.12. The molecule has 3 amide bonds. The summed E-state index contributed by atoms with van der Waals surface area (Å²) < 4.78 is 0. The minimum absolute atomic E-state index is 0.00524. The van der Waals surface area contributed by atoms with Crippen molar-refractivity contribution in [3.05, 3.63) is 59.7 Å². The SMILES string of the molecule is Cc1ccc(NC(=O)N2CCC3(C2)C(=O)Nc2ccccc23)cc1. The highest BCUT2D eigenvalue weighted by atomic mass is 16.2. The van der Waals surface area contributed by atoms with Gasteiger partial charge in [0.2, 0.25) is 5.91 Å². The van der Waals surface area contributed by atoms with Crippen LogP contribution < -0.4 is 10.6 Å². The molecule has 0 aromatic heterocycles. The molecule has 0 radical (unpaired) electrons. The van der Waals surface area contributed by atoms with Crippen LogP contribution in [0.25, 0.3) is 0 Å². The van der Waals surface area contributed by atoms with E-state index < -0.39 is 5.41 Å². The van der Waals surface area contributed by atoms with E-state index in [0.717, 1.165) is 22.5 Å². The van der Waals surface area contributed by atoms with Gasteiger partial charge < -0.3 is 15.5 Å². The topological polar surface area (TPSA) is 61.4 Å². The van der Waals surface area contributed by atoms with E-state index in [1.165, 1.54) is 0 Å². The van der Waals surface area contributed by atoms with Gasteiger partial charge in [-0.2, -0.15) is 0 Å². The fraction of sp³-hybridized carbons (Fsp3) is 0.263. The number of amides is 3. The van der Waals surface area contributed by atoms with Crippen LogP contribution in [0.15, 0.2) is 48.5 Å². The monoisotopic (exact) mass is 321 g/mol. The van der Waals surface area contributed by atoms with Crippen molar-refractivity contribution in [3.8, 4) is 0 Å². The largest absolute Gasteiger partial charge is 0.325 e. The van der Waals surface area contributed by atoms with Crippen LogP contribution in [0, 0.1) is 6.92 Å². The van der Waals surface area contributed by atoms with E-state index in [0.29, 0.717) is 19.5 Å². The van der Waals surface area contributed by atoms with Crippen LogP contribution >= 0.6 is 0 Å². The fourth-order valence-electron chi connectivity index (χ4n) is 3.60. The minimum atomic E-state index is -0.610. The Morgan fingerprint density at radius 2 is 1.92 bits per heavy atom. The molecular formula is C19H19N3O2. The molecule has 2 heterocycles. The maximum Gasteiger partial charge on any atom is 0.321 e. The third-order valence-electron chi connectivity index (χ3n) is 4.98. The first-order chi connectivity index (χ1) is 11.6. The highest BCUT2D eigenvalue weighted by molar-refractivity contribution is 6.07. The Labute approximate surface area is 140 Å². The van der Waals surface area contributed by atoms with Gasteiger partial charge in [0.15, 0.2) is 0 Å². The highest BCUT2D eigenvalue weighted by Gasteiger charge is 2.51. The van der Waals surface area contributed by atoms with Crippen molar-refractivity contribution >= 4 is 23.3 Å². The smallest absolute Gasteiger partial charge is 0.321 e. The molecule has 5 heteroatoms. The molecule has 2 aromatic carbocycles. The standard InChI is InChI=1S/C19H19N3O2/c1-13-6-8-14(9-7-13)20-18(24)22-11-10-19(12-22)15-4-2-3-5-16(15)21-17(19)23/h2-9H,10-12H2,1H3,(H,20,24)(H,21,23). The Bertz CT molecular complexity index is 816. The summed E-state index contributed by atoms with van der Waals surface area (Å²) in [5, 5.41) is 5.86. The van der Waals surface area contributed by atoms with E-state index in [1.807, 2.05) is 55.5 Å². The summed E-state index contributed by atoms with van der Waals surface area (Å²) in [4.78, 5) is 26.8. The summed E-state index contributed by atoms with van der Waals surface area (Å²) in [6, 6.07) is 15.3. The lowest BCUT2D eigenvalue weighted by Gasteiger charge is -2.22. The van der Waals surface area contributed by atoms with Gasteiger partial charge in [0.1, 0.15) is 0 Å². The molecule has 1 saturated heterocycles. The predicted octanol–water partition coefficient (Wildman–Crippen LogP) is 3.12. The number of aryl methyl sites for hydroxylation is 1. The maximum absolute atomic E-state index is 12.5. The zero-order valence-electron chi connectivity index (χ0n) is 13.5. The quantitative estimate of drug-likeness (QED) is 0.848. The third-order valence-corrected chi connectivity index (χ3v) is 4.98. The van der Waals surface area contributed by atoms with Gasteiger partial charge in [0.05, 0.1) is 5.41 Å². The zero-order chi connectivity index (χ0) is 16.7. The molecule has 122 valence electrons. The van der Waals surface area contributed by atoms with Gasteiger partial charge in [-0.3, -0.25) is 4.79 Å². The maximum atomic E-state index is 12.5. The molecule has 0 aliphatic carbocycles. The van der Waals surface area contributed by atoms with Crippen molar-refractivity contribution < 1.29 is 9.59 Å². The molecule has 24 heavy (non-hydrogen) atoms. The number of benzene rings is 2. The number of hydrogen-bond acceptors (Lipinski definition) is 2. The van der Waals surface area contributed by atoms with Crippen molar-refractivity contribution in [1.29, 1.82) is 0 Å². The molecular weight excluding hydrogens is 302 g/mol. The first kappa shape index (κ1) is 14.8. The fourth-order valence-corrected chi connectivity index (χ4v) is 3.60. The number of hydrogen-bond donors (Lipinski definition) is 2. The number of urea groups is 1. The van der Waals surface area contributed by atoms with E-state index >= 15 is 0 Å². The number of para-hydroxylation sites is 1. The average molecular weight is 321 g/mol. The molecule has 0 bridgehead atoms. The second-order valence-electron chi connectivity index (χ2n) is 6.55. The molecule has 1 atom stereocenters. The molecule has 5 nitrogen and oxygen atoms in total. The van der Waals surface area contributed by atoms with Crippen LogP contribution in [0.5, 0.6) is 0 Å². The van der Waals surface area contributed by atoms with E-state index in [-0.39, 0.29) is 11.9 Å². The number of nitrogens with one attached hydrogen (secondary N) is 2. The normalized spacial score (nSPS) is 21.7. The van der Waals surface area contributed by atoms with Gasteiger partial charge in [-0.05, 0) is 37.1 Å². The van der Waals surface area contributed by atoms with Crippen LogP contribution in [0.3, 0.4) is 0 Å². The Hall–Kier alpha value is -2.82. The summed E-state index contributed by atoms with van der Waals surface area (Å²) in [5.41, 5.74) is 3.17. The van der Waals surface area contributed by atoms with Gasteiger partial charge in [-0.25, -0.2) is 4.79 Å². The van der Waals surface area contributed by atoms with Crippen LogP contribution in [0.4, 0.5) is 16.2 Å². The van der Waals surface area contributed by atoms with Crippen molar-refractivity contribution in [3.63, 3.8) is 0 Å². The molecule has 2 aliphatic rings. The number of rotatable bonds is 1. The lowest BCUT2D eigenvalue weighted by molar-refractivity contribution is -0.120. The Morgan fingerprint density at radius 3 is 2.71 bits per heavy atom. The number of likely N-dealkylation sites (tertiary alicyclic amines) is 1. The summed E-state index contributed by atoms with van der Waals surface area (Å²) in [7, 11) is 0. The second kappa shape index (κ2) is 5.37.